The molecule has 1 aliphatic heterocycles. The Morgan fingerprint density at radius 2 is 1.55 bits per heavy atom. The van der Waals surface area contributed by atoms with Crippen LogP contribution in [0.4, 0.5) is 10.1 Å². The number of fused-ring (bicyclic) bond motifs is 4. The zero-order chi connectivity index (χ0) is 27.6. The molecular formula is C34H30FN3O2. The second kappa shape index (κ2) is 10.8. The summed E-state index contributed by atoms with van der Waals surface area (Å²) >= 11 is 0. The van der Waals surface area contributed by atoms with Crippen molar-refractivity contribution in [2.75, 3.05) is 18.0 Å². The molecule has 5 aromatic rings. The van der Waals surface area contributed by atoms with Gasteiger partial charge in [0.1, 0.15) is 18.4 Å². The van der Waals surface area contributed by atoms with Gasteiger partial charge in [0, 0.05) is 18.3 Å². The fourth-order valence-corrected chi connectivity index (χ4v) is 5.65. The highest BCUT2D eigenvalue weighted by Crippen LogP contribution is 2.42. The molecule has 0 saturated carbocycles. The van der Waals surface area contributed by atoms with E-state index in [1.54, 1.807) is 21.9 Å². The van der Waals surface area contributed by atoms with Crippen molar-refractivity contribution in [3.05, 3.63) is 132 Å². The second-order valence-corrected chi connectivity index (χ2v) is 10.1. The van der Waals surface area contributed by atoms with Crippen LogP contribution in [-0.4, -0.2) is 34.4 Å². The lowest BCUT2D eigenvalue weighted by Crippen LogP contribution is -2.47. The highest BCUT2D eigenvalue weighted by molar-refractivity contribution is 6.09. The maximum Gasteiger partial charge on any atom is 0.254 e. The van der Waals surface area contributed by atoms with Gasteiger partial charge in [0.05, 0.1) is 17.1 Å². The monoisotopic (exact) mass is 531 g/mol. The average Bonchev–Trinajstić information content (AvgIpc) is 3.48. The summed E-state index contributed by atoms with van der Waals surface area (Å²) in [5, 5.41) is 1.85. The number of unbranched alkanes of at least 4 members (excludes halogenated alkanes) is 1. The van der Waals surface area contributed by atoms with Crippen LogP contribution in [0, 0.1) is 5.82 Å². The Kier molecular flexibility index (Phi) is 6.91. The van der Waals surface area contributed by atoms with Crippen molar-refractivity contribution in [2.45, 2.75) is 25.8 Å². The first-order valence-corrected chi connectivity index (χ1v) is 13.7. The van der Waals surface area contributed by atoms with Crippen molar-refractivity contribution >= 4 is 28.3 Å². The highest BCUT2D eigenvalue weighted by Gasteiger charge is 2.37. The van der Waals surface area contributed by atoms with Crippen LogP contribution in [0.2, 0.25) is 0 Å². The third kappa shape index (κ3) is 4.56. The number of para-hydroxylation sites is 2. The fourth-order valence-electron chi connectivity index (χ4n) is 5.65. The van der Waals surface area contributed by atoms with Crippen molar-refractivity contribution in [3.8, 4) is 5.69 Å². The molecule has 0 aliphatic carbocycles. The van der Waals surface area contributed by atoms with Gasteiger partial charge in [0.25, 0.3) is 5.91 Å². The maximum absolute atomic E-state index is 14.4. The number of hydrogen-bond donors (Lipinski definition) is 0. The molecule has 1 aliphatic rings. The van der Waals surface area contributed by atoms with Crippen LogP contribution in [0.3, 0.4) is 0 Å². The number of carbonyl (C=O) groups excluding carboxylic acids is 2. The number of halogens is 1. The minimum absolute atomic E-state index is 0.0746. The molecule has 0 radical (unpaired) electrons. The van der Waals surface area contributed by atoms with Crippen molar-refractivity contribution in [1.82, 2.24) is 9.47 Å². The molecule has 2 heterocycles. The summed E-state index contributed by atoms with van der Waals surface area (Å²) in [5.41, 5.74) is 3.92. The summed E-state index contributed by atoms with van der Waals surface area (Å²) in [6, 6.07) is 31.0. The van der Waals surface area contributed by atoms with Gasteiger partial charge in [-0.15, -0.1) is 0 Å². The van der Waals surface area contributed by atoms with E-state index in [0.29, 0.717) is 12.1 Å². The number of amides is 2. The minimum atomic E-state index is -0.473. The summed E-state index contributed by atoms with van der Waals surface area (Å²) in [7, 11) is 0. The largest absolute Gasteiger partial charge is 0.329 e. The molecule has 4 aromatic carbocycles. The van der Waals surface area contributed by atoms with Crippen LogP contribution >= 0.6 is 0 Å². The van der Waals surface area contributed by atoms with E-state index in [0.717, 1.165) is 46.2 Å². The normalized spacial score (nSPS) is 14.1. The van der Waals surface area contributed by atoms with Crippen molar-refractivity contribution in [1.29, 1.82) is 0 Å². The molecule has 1 aromatic heterocycles. The zero-order valence-electron chi connectivity index (χ0n) is 22.3. The topological polar surface area (TPSA) is 45.6 Å². The number of carbonyl (C=O) groups is 2. The van der Waals surface area contributed by atoms with Crippen LogP contribution in [-0.2, 0) is 4.79 Å². The lowest BCUT2D eigenvalue weighted by Gasteiger charge is -2.39. The fraction of sp³-hybridized carbons (Fsp3) is 0.176. The van der Waals surface area contributed by atoms with E-state index in [2.05, 4.69) is 11.5 Å². The number of benzene rings is 4. The number of hydrogen-bond acceptors (Lipinski definition) is 2. The van der Waals surface area contributed by atoms with Gasteiger partial charge in [0.2, 0.25) is 5.91 Å². The molecule has 40 heavy (non-hydrogen) atoms. The van der Waals surface area contributed by atoms with Gasteiger partial charge >= 0.3 is 0 Å². The molecule has 0 spiro atoms. The molecule has 1 unspecified atom stereocenters. The third-order valence-corrected chi connectivity index (χ3v) is 7.59. The van der Waals surface area contributed by atoms with E-state index in [1.807, 2.05) is 85.1 Å². The minimum Gasteiger partial charge on any atom is -0.329 e. The summed E-state index contributed by atoms with van der Waals surface area (Å²) in [5.74, 6) is -0.691. The number of aromatic nitrogens is 1. The Bertz CT molecular complexity index is 1690. The summed E-state index contributed by atoms with van der Waals surface area (Å²) in [6.07, 6.45) is 3.65. The van der Waals surface area contributed by atoms with Gasteiger partial charge in [-0.3, -0.25) is 14.5 Å². The molecule has 0 fully saturated rings. The van der Waals surface area contributed by atoms with Gasteiger partial charge < -0.3 is 9.47 Å². The Morgan fingerprint density at radius 3 is 2.35 bits per heavy atom. The van der Waals surface area contributed by atoms with Gasteiger partial charge in [-0.2, -0.15) is 0 Å². The van der Waals surface area contributed by atoms with Crippen LogP contribution in [0.1, 0.15) is 47.4 Å². The van der Waals surface area contributed by atoms with Gasteiger partial charge in [-0.25, -0.2) is 4.39 Å². The smallest absolute Gasteiger partial charge is 0.254 e. The Balaban J connectivity index is 1.41. The number of nitrogens with zero attached hydrogens (tertiary/aromatic N) is 3. The molecule has 1 atom stereocenters. The number of anilines is 1. The Hall–Kier alpha value is -4.71. The molecule has 0 bridgehead atoms. The zero-order valence-corrected chi connectivity index (χ0v) is 22.3. The van der Waals surface area contributed by atoms with E-state index in [1.165, 1.54) is 12.1 Å². The first-order chi connectivity index (χ1) is 19.6. The molecule has 5 nitrogen and oxygen atoms in total. The molecule has 2 amide bonds. The quantitative estimate of drug-likeness (QED) is 0.224. The van der Waals surface area contributed by atoms with Crippen molar-refractivity contribution in [2.24, 2.45) is 0 Å². The summed E-state index contributed by atoms with van der Waals surface area (Å²) < 4.78 is 16.0. The average molecular weight is 532 g/mol. The van der Waals surface area contributed by atoms with Gasteiger partial charge in [-0.05, 0) is 65.2 Å². The van der Waals surface area contributed by atoms with Gasteiger partial charge in [0.15, 0.2) is 0 Å². The predicted molar refractivity (Wildman–Crippen MR) is 156 cm³/mol. The SMILES string of the molecule is CCCCN(CC(=O)N1c2ccccc2-n2cccc2C1c1ccc(F)cc1)C(=O)c1cccc2ccccc12. The number of rotatable bonds is 7. The van der Waals surface area contributed by atoms with Crippen LogP contribution in [0.15, 0.2) is 109 Å². The van der Waals surface area contributed by atoms with Crippen LogP contribution < -0.4 is 4.90 Å². The maximum atomic E-state index is 14.4. The van der Waals surface area contributed by atoms with Crippen molar-refractivity contribution < 1.29 is 14.0 Å². The predicted octanol–water partition coefficient (Wildman–Crippen LogP) is 7.15. The molecule has 200 valence electrons. The van der Waals surface area contributed by atoms with E-state index >= 15 is 0 Å². The van der Waals surface area contributed by atoms with E-state index in [-0.39, 0.29) is 24.2 Å². The standard InChI is InChI=1S/C34H30FN3O2/c1-2-3-21-36(34(40)28-13-8-11-24-10-4-5-12-27(24)28)23-32(39)38-30-15-7-6-14-29(30)37-22-9-16-31(37)33(38)25-17-19-26(35)20-18-25/h4-20,22,33H,2-3,21,23H2,1H3. The van der Waals surface area contributed by atoms with E-state index in [4.69, 9.17) is 0 Å². The molecule has 0 N–H and O–H groups in total. The summed E-state index contributed by atoms with van der Waals surface area (Å²) in [6.45, 7) is 2.47. The van der Waals surface area contributed by atoms with Crippen LogP contribution in [0.25, 0.3) is 16.5 Å². The molecule has 0 saturated heterocycles. The molecule has 6 heteroatoms. The third-order valence-electron chi connectivity index (χ3n) is 7.59. The first kappa shape index (κ1) is 25.6. The second-order valence-electron chi connectivity index (χ2n) is 10.1. The van der Waals surface area contributed by atoms with E-state index < -0.39 is 6.04 Å². The Morgan fingerprint density at radius 1 is 0.825 bits per heavy atom. The summed E-state index contributed by atoms with van der Waals surface area (Å²) in [4.78, 5) is 31.8. The molecular weight excluding hydrogens is 501 g/mol. The molecule has 6 rings (SSSR count). The first-order valence-electron chi connectivity index (χ1n) is 13.7. The van der Waals surface area contributed by atoms with Crippen molar-refractivity contribution in [3.63, 3.8) is 0 Å². The van der Waals surface area contributed by atoms with Gasteiger partial charge in [-0.1, -0.05) is 74.0 Å². The van der Waals surface area contributed by atoms with Crippen LogP contribution in [0.5, 0.6) is 0 Å². The lowest BCUT2D eigenvalue weighted by atomic mass is 9.97. The highest BCUT2D eigenvalue weighted by atomic mass is 19.1. The van der Waals surface area contributed by atoms with E-state index in [9.17, 15) is 14.0 Å². The Labute approximate surface area is 233 Å². The lowest BCUT2D eigenvalue weighted by molar-refractivity contribution is -0.119.